The van der Waals surface area contributed by atoms with Gasteiger partial charge in [-0.1, -0.05) is 6.92 Å². The van der Waals surface area contributed by atoms with Crippen molar-refractivity contribution in [3.63, 3.8) is 0 Å². The highest BCUT2D eigenvalue weighted by Gasteiger charge is 2.22. The van der Waals surface area contributed by atoms with Crippen molar-refractivity contribution in [2.24, 2.45) is 0 Å². The van der Waals surface area contributed by atoms with E-state index in [-0.39, 0.29) is 12.7 Å². The molecule has 0 amide bonds. The van der Waals surface area contributed by atoms with E-state index in [1.807, 2.05) is 6.92 Å². The number of hydrogen-bond acceptors (Lipinski definition) is 3. The second-order valence-electron chi connectivity index (χ2n) is 3.86. The number of fused-ring (bicyclic) bond motifs is 1. The minimum Gasteiger partial charge on any atom is -0.454 e. The zero-order valence-corrected chi connectivity index (χ0v) is 9.03. The van der Waals surface area contributed by atoms with Crippen LogP contribution in [0.3, 0.4) is 0 Å². The Morgan fingerprint density at radius 3 is 3.00 bits per heavy atom. The quantitative estimate of drug-likeness (QED) is 0.737. The van der Waals surface area contributed by atoms with Crippen molar-refractivity contribution in [1.29, 1.82) is 0 Å². The smallest absolute Gasteiger partial charge is 0.231 e. The summed E-state index contributed by atoms with van der Waals surface area (Å²) in [6.07, 6.45) is 1.25. The standard InChI is InChI=1S/C12H13FO3/c1-8(2-3-14)10-4-9(6-13)5-11-12(10)16-7-15-11/h3-5,8H,2,6-7H2,1H3. The number of alkyl halides is 1. The van der Waals surface area contributed by atoms with E-state index >= 15 is 0 Å². The number of carbonyl (C=O) groups excluding carboxylic acids is 1. The van der Waals surface area contributed by atoms with Crippen LogP contribution in [0, 0.1) is 0 Å². The Morgan fingerprint density at radius 1 is 1.50 bits per heavy atom. The number of carbonyl (C=O) groups is 1. The third-order valence-corrected chi connectivity index (χ3v) is 2.70. The van der Waals surface area contributed by atoms with Crippen LogP contribution in [-0.4, -0.2) is 13.1 Å². The maximum absolute atomic E-state index is 12.7. The van der Waals surface area contributed by atoms with Crippen molar-refractivity contribution in [3.8, 4) is 11.5 Å². The van der Waals surface area contributed by atoms with E-state index in [1.165, 1.54) is 0 Å². The molecule has 4 heteroatoms. The molecular formula is C12H13FO3. The summed E-state index contributed by atoms with van der Waals surface area (Å²) in [4.78, 5) is 10.5. The van der Waals surface area contributed by atoms with E-state index in [4.69, 9.17) is 9.47 Å². The predicted octanol–water partition coefficient (Wildman–Crippen LogP) is 2.58. The molecule has 1 heterocycles. The lowest BCUT2D eigenvalue weighted by molar-refractivity contribution is -0.108. The van der Waals surface area contributed by atoms with Crippen LogP contribution in [-0.2, 0) is 11.5 Å². The summed E-state index contributed by atoms with van der Waals surface area (Å²) in [5, 5.41) is 0. The minimum absolute atomic E-state index is 0.0134. The molecule has 0 radical (unpaired) electrons. The average Bonchev–Trinajstić information content (AvgIpc) is 2.75. The van der Waals surface area contributed by atoms with Gasteiger partial charge in [0.2, 0.25) is 6.79 Å². The molecule has 0 aromatic heterocycles. The number of ether oxygens (including phenoxy) is 2. The van der Waals surface area contributed by atoms with Crippen molar-refractivity contribution in [2.45, 2.75) is 25.9 Å². The van der Waals surface area contributed by atoms with Gasteiger partial charge in [-0.3, -0.25) is 0 Å². The Morgan fingerprint density at radius 2 is 2.31 bits per heavy atom. The van der Waals surface area contributed by atoms with Gasteiger partial charge in [0, 0.05) is 12.0 Å². The van der Waals surface area contributed by atoms with Gasteiger partial charge in [-0.25, -0.2) is 4.39 Å². The lowest BCUT2D eigenvalue weighted by atomic mass is 9.95. The second-order valence-corrected chi connectivity index (χ2v) is 3.86. The Labute approximate surface area is 93.2 Å². The summed E-state index contributed by atoms with van der Waals surface area (Å²) in [5.74, 6) is 1.23. The van der Waals surface area contributed by atoms with Crippen molar-refractivity contribution in [3.05, 3.63) is 23.3 Å². The SMILES string of the molecule is CC(CC=O)c1cc(CF)cc2c1OCO2. The molecule has 0 saturated heterocycles. The number of halogens is 1. The third kappa shape index (κ3) is 1.87. The lowest BCUT2D eigenvalue weighted by Gasteiger charge is -2.12. The number of hydrogen-bond donors (Lipinski definition) is 0. The van der Waals surface area contributed by atoms with Crippen molar-refractivity contribution in [1.82, 2.24) is 0 Å². The molecule has 1 aliphatic rings. The molecule has 1 aliphatic heterocycles. The monoisotopic (exact) mass is 224 g/mol. The molecule has 0 saturated carbocycles. The van der Waals surface area contributed by atoms with Crippen LogP contribution >= 0.6 is 0 Å². The fraction of sp³-hybridized carbons (Fsp3) is 0.417. The van der Waals surface area contributed by atoms with Gasteiger partial charge in [-0.2, -0.15) is 0 Å². The zero-order chi connectivity index (χ0) is 11.5. The molecular weight excluding hydrogens is 211 g/mol. The molecule has 1 atom stereocenters. The van der Waals surface area contributed by atoms with E-state index in [2.05, 4.69) is 0 Å². The molecule has 16 heavy (non-hydrogen) atoms. The van der Waals surface area contributed by atoms with Gasteiger partial charge in [0.05, 0.1) is 0 Å². The highest BCUT2D eigenvalue weighted by Crippen LogP contribution is 2.41. The summed E-state index contributed by atoms with van der Waals surface area (Å²) in [5.41, 5.74) is 1.40. The summed E-state index contributed by atoms with van der Waals surface area (Å²) in [6, 6.07) is 3.38. The van der Waals surface area contributed by atoms with Gasteiger partial charge in [0.1, 0.15) is 13.0 Å². The normalized spacial score (nSPS) is 14.9. The highest BCUT2D eigenvalue weighted by molar-refractivity contribution is 5.56. The first-order valence-electron chi connectivity index (χ1n) is 5.18. The third-order valence-electron chi connectivity index (χ3n) is 2.70. The molecule has 3 nitrogen and oxygen atoms in total. The van der Waals surface area contributed by atoms with Crippen molar-refractivity contribution in [2.75, 3.05) is 6.79 Å². The Bertz CT molecular complexity index is 403. The lowest BCUT2D eigenvalue weighted by Crippen LogP contribution is -1.99. The molecule has 0 N–H and O–H groups in total. The molecule has 1 aromatic rings. The summed E-state index contributed by atoms with van der Waals surface area (Å²) in [7, 11) is 0. The van der Waals surface area contributed by atoms with E-state index < -0.39 is 6.67 Å². The first kappa shape index (κ1) is 10.9. The molecule has 2 rings (SSSR count). The van der Waals surface area contributed by atoms with Crippen LogP contribution in [0.2, 0.25) is 0 Å². The minimum atomic E-state index is -0.544. The van der Waals surface area contributed by atoms with Crippen LogP contribution in [0.4, 0.5) is 4.39 Å². The summed E-state index contributed by atoms with van der Waals surface area (Å²) >= 11 is 0. The maximum atomic E-state index is 12.7. The summed E-state index contributed by atoms with van der Waals surface area (Å²) < 4.78 is 23.2. The van der Waals surface area contributed by atoms with Gasteiger partial charge in [0.25, 0.3) is 0 Å². The maximum Gasteiger partial charge on any atom is 0.231 e. The van der Waals surface area contributed by atoms with E-state index in [1.54, 1.807) is 12.1 Å². The molecule has 0 aliphatic carbocycles. The zero-order valence-electron chi connectivity index (χ0n) is 9.03. The Balaban J connectivity index is 2.42. The largest absolute Gasteiger partial charge is 0.454 e. The topological polar surface area (TPSA) is 35.5 Å². The van der Waals surface area contributed by atoms with Crippen LogP contribution in [0.15, 0.2) is 12.1 Å². The fourth-order valence-corrected chi connectivity index (χ4v) is 1.81. The average molecular weight is 224 g/mol. The van der Waals surface area contributed by atoms with Gasteiger partial charge < -0.3 is 14.3 Å². The molecule has 0 spiro atoms. The van der Waals surface area contributed by atoms with Crippen LogP contribution in [0.5, 0.6) is 11.5 Å². The van der Waals surface area contributed by atoms with Gasteiger partial charge in [-0.05, 0) is 23.6 Å². The number of benzene rings is 1. The molecule has 0 bridgehead atoms. The molecule has 1 unspecified atom stereocenters. The van der Waals surface area contributed by atoms with Crippen LogP contribution in [0.1, 0.15) is 30.4 Å². The first-order chi connectivity index (χ1) is 7.76. The molecule has 0 fully saturated rings. The number of rotatable bonds is 4. The predicted molar refractivity (Wildman–Crippen MR) is 56.5 cm³/mol. The van der Waals surface area contributed by atoms with E-state index in [0.29, 0.717) is 23.5 Å². The van der Waals surface area contributed by atoms with E-state index in [9.17, 15) is 9.18 Å². The Kier molecular flexibility index (Phi) is 3.08. The molecule has 86 valence electrons. The first-order valence-corrected chi connectivity index (χ1v) is 5.18. The van der Waals surface area contributed by atoms with Gasteiger partial charge >= 0.3 is 0 Å². The van der Waals surface area contributed by atoms with Crippen LogP contribution in [0.25, 0.3) is 0 Å². The molecule has 1 aromatic carbocycles. The van der Waals surface area contributed by atoms with Gasteiger partial charge in [0.15, 0.2) is 11.5 Å². The fourth-order valence-electron chi connectivity index (χ4n) is 1.81. The Hall–Kier alpha value is -1.58. The second kappa shape index (κ2) is 4.51. The van der Waals surface area contributed by atoms with Gasteiger partial charge in [-0.15, -0.1) is 0 Å². The van der Waals surface area contributed by atoms with Crippen molar-refractivity contribution >= 4 is 6.29 Å². The number of aldehydes is 1. The highest BCUT2D eigenvalue weighted by atomic mass is 19.1. The van der Waals surface area contributed by atoms with E-state index in [0.717, 1.165) is 11.8 Å². The summed E-state index contributed by atoms with van der Waals surface area (Å²) in [6.45, 7) is 1.52. The van der Waals surface area contributed by atoms with Crippen molar-refractivity contribution < 1.29 is 18.7 Å². The van der Waals surface area contributed by atoms with Crippen LogP contribution < -0.4 is 9.47 Å².